The minimum atomic E-state index is -0.814. The van der Waals surface area contributed by atoms with E-state index in [-0.39, 0.29) is 0 Å². The van der Waals surface area contributed by atoms with Crippen LogP contribution >= 0.6 is 0 Å². The molecule has 0 saturated heterocycles. The van der Waals surface area contributed by atoms with Gasteiger partial charge in [0.05, 0.1) is 16.7 Å². The second-order valence-corrected chi connectivity index (χ2v) is 13.7. The molecule has 0 aliphatic carbocycles. The molecule has 0 fully saturated rings. The Morgan fingerprint density at radius 1 is 0.431 bits per heavy atom. The van der Waals surface area contributed by atoms with Gasteiger partial charge in [-0.15, -0.1) is 0 Å². The van der Waals surface area contributed by atoms with E-state index in [0.29, 0.717) is 34.4 Å². The van der Waals surface area contributed by atoms with Crippen LogP contribution in [0.2, 0.25) is 0 Å². The van der Waals surface area contributed by atoms with Crippen LogP contribution in [-0.4, -0.2) is 33.2 Å². The third-order valence-corrected chi connectivity index (χ3v) is 9.90. The van der Waals surface area contributed by atoms with Gasteiger partial charge in [-0.1, -0.05) is 173 Å². The number of unbranched alkanes of at least 4 members (excludes halogenated alkanes) is 3. The molecule has 0 amide bonds. The first kappa shape index (κ1) is 45.1. The summed E-state index contributed by atoms with van der Waals surface area (Å²) in [5.74, 6) is -0.621. The Morgan fingerprint density at radius 2 is 0.667 bits per heavy atom. The molecule has 0 aliphatic rings. The van der Waals surface area contributed by atoms with Gasteiger partial charge >= 0.3 is 17.9 Å². The second kappa shape index (κ2) is 26.8. The molecule has 282 valence electrons. The topological polar surface area (TPSA) is 112 Å². The van der Waals surface area contributed by atoms with Crippen LogP contribution in [0.15, 0.2) is 72.8 Å². The van der Waals surface area contributed by atoms with Gasteiger partial charge < -0.3 is 15.3 Å². The van der Waals surface area contributed by atoms with Crippen molar-refractivity contribution in [2.45, 2.75) is 138 Å². The molecule has 0 saturated carbocycles. The standard InChI is InChI=1S/3C15H22O2/c3*1-3-5-8-12(4-2)11-13-9-6-7-10-14(13)15(16)17/h3*6-7,9-10,12H,3-5,8,11H2,1-2H3,(H,16,17). The Labute approximate surface area is 308 Å². The lowest BCUT2D eigenvalue weighted by molar-refractivity contribution is 0.0684. The molecular weight excluding hydrogens is 636 g/mol. The molecule has 3 unspecified atom stereocenters. The van der Waals surface area contributed by atoms with E-state index in [1.807, 2.05) is 36.4 Å². The Kier molecular flexibility index (Phi) is 23.7. The minimum absolute atomic E-state index is 0.461. The van der Waals surface area contributed by atoms with Gasteiger partial charge in [0.25, 0.3) is 0 Å². The summed E-state index contributed by atoms with van der Waals surface area (Å²) in [6.07, 6.45) is 16.9. The van der Waals surface area contributed by atoms with E-state index in [1.165, 1.54) is 57.8 Å². The van der Waals surface area contributed by atoms with E-state index in [2.05, 4.69) is 41.5 Å². The lowest BCUT2D eigenvalue weighted by Gasteiger charge is -2.15. The molecule has 51 heavy (non-hydrogen) atoms. The lowest BCUT2D eigenvalue weighted by Crippen LogP contribution is -2.08. The number of carbonyl (C=O) groups is 3. The molecular formula is C45H66O6. The van der Waals surface area contributed by atoms with Crippen LogP contribution in [0.5, 0.6) is 0 Å². The zero-order valence-corrected chi connectivity index (χ0v) is 32.3. The maximum absolute atomic E-state index is 11.1. The fraction of sp³-hybridized carbons (Fsp3) is 0.533. The Balaban J connectivity index is 0.000000382. The largest absolute Gasteiger partial charge is 0.478 e. The lowest BCUT2D eigenvalue weighted by atomic mass is 9.90. The molecule has 6 heteroatoms. The van der Waals surface area contributed by atoms with Crippen molar-refractivity contribution in [3.63, 3.8) is 0 Å². The normalized spacial score (nSPS) is 12.4. The smallest absolute Gasteiger partial charge is 0.335 e. The molecule has 0 bridgehead atoms. The third-order valence-electron chi connectivity index (χ3n) is 9.90. The molecule has 3 rings (SSSR count). The summed E-state index contributed by atoms with van der Waals surface area (Å²) in [6.45, 7) is 13.1. The fourth-order valence-electron chi connectivity index (χ4n) is 6.48. The maximum Gasteiger partial charge on any atom is 0.335 e. The first-order valence-electron chi connectivity index (χ1n) is 19.5. The minimum Gasteiger partial charge on any atom is -0.478 e. The van der Waals surface area contributed by atoms with Crippen LogP contribution in [0.1, 0.15) is 166 Å². The summed E-state index contributed by atoms with van der Waals surface area (Å²) < 4.78 is 0. The summed E-state index contributed by atoms with van der Waals surface area (Å²) in [5, 5.41) is 27.4. The SMILES string of the molecule is CCCCC(CC)Cc1ccccc1C(=O)O.CCCCC(CC)Cc1ccccc1C(=O)O.CCCCC(CC)Cc1ccccc1C(=O)O. The Hall–Kier alpha value is -3.93. The van der Waals surface area contributed by atoms with E-state index >= 15 is 0 Å². The van der Waals surface area contributed by atoms with Crippen molar-refractivity contribution in [2.75, 3.05) is 0 Å². The highest BCUT2D eigenvalue weighted by Gasteiger charge is 2.16. The zero-order valence-electron chi connectivity index (χ0n) is 32.3. The first-order valence-corrected chi connectivity index (χ1v) is 19.5. The molecule has 3 atom stereocenters. The van der Waals surface area contributed by atoms with E-state index in [4.69, 9.17) is 15.3 Å². The van der Waals surface area contributed by atoms with Crippen LogP contribution in [0.4, 0.5) is 0 Å². The highest BCUT2D eigenvalue weighted by Crippen LogP contribution is 2.23. The predicted octanol–water partition coefficient (Wildman–Crippen LogP) is 12.4. The molecule has 3 N–H and O–H groups in total. The van der Waals surface area contributed by atoms with E-state index < -0.39 is 17.9 Å². The van der Waals surface area contributed by atoms with Gasteiger partial charge in [-0.25, -0.2) is 14.4 Å². The monoisotopic (exact) mass is 702 g/mol. The van der Waals surface area contributed by atoms with Gasteiger partial charge in [0.2, 0.25) is 0 Å². The number of hydrogen-bond acceptors (Lipinski definition) is 3. The summed E-state index contributed by atoms with van der Waals surface area (Å²) in [7, 11) is 0. The summed E-state index contributed by atoms with van der Waals surface area (Å²) in [5.41, 5.74) is 4.31. The van der Waals surface area contributed by atoms with E-state index in [1.54, 1.807) is 36.4 Å². The third kappa shape index (κ3) is 17.7. The summed E-state index contributed by atoms with van der Waals surface area (Å²) >= 11 is 0. The van der Waals surface area contributed by atoms with Gasteiger partial charge in [-0.05, 0) is 71.9 Å². The molecule has 0 radical (unpaired) electrons. The quantitative estimate of drug-likeness (QED) is 0.102. The average Bonchev–Trinajstić information content (AvgIpc) is 3.14. The highest BCUT2D eigenvalue weighted by molar-refractivity contribution is 5.90. The second-order valence-electron chi connectivity index (χ2n) is 13.7. The van der Waals surface area contributed by atoms with Crippen molar-refractivity contribution in [3.05, 3.63) is 106 Å². The van der Waals surface area contributed by atoms with Crippen LogP contribution in [0.25, 0.3) is 0 Å². The molecule has 6 nitrogen and oxygen atoms in total. The molecule has 3 aromatic rings. The van der Waals surface area contributed by atoms with Gasteiger partial charge in [0, 0.05) is 0 Å². The first-order chi connectivity index (χ1) is 24.6. The molecule has 3 aromatic carbocycles. The van der Waals surface area contributed by atoms with Crippen LogP contribution in [0, 0.1) is 17.8 Å². The number of aromatic carboxylic acids is 3. The predicted molar refractivity (Wildman–Crippen MR) is 211 cm³/mol. The van der Waals surface area contributed by atoms with Crippen molar-refractivity contribution in [2.24, 2.45) is 17.8 Å². The average molecular weight is 703 g/mol. The summed E-state index contributed by atoms with van der Waals surface area (Å²) in [4.78, 5) is 33.3. The van der Waals surface area contributed by atoms with E-state index in [9.17, 15) is 14.4 Å². The number of hydrogen-bond donors (Lipinski definition) is 3. The maximum atomic E-state index is 11.1. The van der Waals surface area contributed by atoms with Gasteiger partial charge in [0.15, 0.2) is 0 Å². The van der Waals surface area contributed by atoms with Crippen molar-refractivity contribution in [3.8, 4) is 0 Å². The van der Waals surface area contributed by atoms with Crippen LogP contribution < -0.4 is 0 Å². The Morgan fingerprint density at radius 3 is 0.863 bits per heavy atom. The molecule has 0 heterocycles. The number of carboxylic acids is 3. The molecule has 0 spiro atoms. The number of rotatable bonds is 21. The molecule has 0 aromatic heterocycles. The van der Waals surface area contributed by atoms with Crippen molar-refractivity contribution >= 4 is 17.9 Å². The Bertz CT molecular complexity index is 1240. The van der Waals surface area contributed by atoms with Gasteiger partial charge in [-0.3, -0.25) is 0 Å². The van der Waals surface area contributed by atoms with Crippen LogP contribution in [0.3, 0.4) is 0 Å². The van der Waals surface area contributed by atoms with Gasteiger partial charge in [-0.2, -0.15) is 0 Å². The zero-order chi connectivity index (χ0) is 38.0. The summed E-state index contributed by atoms with van der Waals surface area (Å²) in [6, 6.07) is 22.1. The number of benzene rings is 3. The fourth-order valence-corrected chi connectivity index (χ4v) is 6.48. The van der Waals surface area contributed by atoms with E-state index in [0.717, 1.165) is 55.2 Å². The number of carboxylic acid groups (broad SMARTS) is 3. The van der Waals surface area contributed by atoms with Crippen LogP contribution in [-0.2, 0) is 19.3 Å². The van der Waals surface area contributed by atoms with Gasteiger partial charge in [0.1, 0.15) is 0 Å². The van der Waals surface area contributed by atoms with Crippen molar-refractivity contribution in [1.29, 1.82) is 0 Å². The highest BCUT2D eigenvalue weighted by atomic mass is 16.4. The van der Waals surface area contributed by atoms with Crippen molar-refractivity contribution in [1.82, 2.24) is 0 Å². The molecule has 0 aliphatic heterocycles. The van der Waals surface area contributed by atoms with Crippen molar-refractivity contribution < 1.29 is 29.7 Å².